The Labute approximate surface area is 115 Å². The summed E-state index contributed by atoms with van der Waals surface area (Å²) >= 11 is 0. The van der Waals surface area contributed by atoms with Crippen molar-refractivity contribution in [1.82, 2.24) is 0 Å². The van der Waals surface area contributed by atoms with Gasteiger partial charge < -0.3 is 14.9 Å². The molecule has 102 valence electrons. The third kappa shape index (κ3) is 3.02. The summed E-state index contributed by atoms with van der Waals surface area (Å²) in [6.45, 7) is 0. The minimum atomic E-state index is -1.51. The van der Waals surface area contributed by atoms with E-state index >= 15 is 0 Å². The van der Waals surface area contributed by atoms with Gasteiger partial charge in [0, 0.05) is 0 Å². The molecule has 20 heavy (non-hydrogen) atoms. The van der Waals surface area contributed by atoms with Crippen molar-refractivity contribution in [3.05, 3.63) is 65.7 Å². The first-order valence-electron chi connectivity index (χ1n) is 5.86. The number of aliphatic hydroxyl groups excluding tert-OH is 1. The number of ether oxygens (including phenoxy) is 1. The van der Waals surface area contributed by atoms with Crippen molar-refractivity contribution in [2.45, 2.75) is 6.10 Å². The van der Waals surface area contributed by atoms with Crippen LogP contribution in [0.2, 0.25) is 0 Å². The molecule has 0 aromatic heterocycles. The molecule has 0 saturated carbocycles. The molecule has 1 unspecified atom stereocenters. The topological polar surface area (TPSA) is 83.8 Å². The molecule has 0 bridgehead atoms. The molecular weight excluding hydrogens is 260 g/mol. The fourth-order valence-corrected chi connectivity index (χ4v) is 1.79. The summed E-state index contributed by atoms with van der Waals surface area (Å²) in [5, 5.41) is 18.7. The molecule has 0 aliphatic heterocycles. The van der Waals surface area contributed by atoms with Gasteiger partial charge in [-0.3, -0.25) is 4.79 Å². The molecule has 2 aromatic carbocycles. The van der Waals surface area contributed by atoms with Crippen molar-refractivity contribution in [1.29, 1.82) is 0 Å². The zero-order chi connectivity index (χ0) is 14.5. The van der Waals surface area contributed by atoms with Gasteiger partial charge in [-0.05, 0) is 17.7 Å². The van der Waals surface area contributed by atoms with Crippen LogP contribution in [0, 0.1) is 0 Å². The number of ketones is 1. The molecule has 2 aromatic rings. The van der Waals surface area contributed by atoms with Crippen LogP contribution in [-0.2, 0) is 0 Å². The summed E-state index contributed by atoms with van der Waals surface area (Å²) in [4.78, 5) is 22.8. The number of carbonyl (C=O) groups excluding carboxylic acids is 1. The van der Waals surface area contributed by atoms with Crippen LogP contribution in [-0.4, -0.2) is 22.2 Å². The van der Waals surface area contributed by atoms with E-state index in [9.17, 15) is 14.7 Å². The molecule has 5 heteroatoms. The van der Waals surface area contributed by atoms with E-state index in [-0.39, 0.29) is 11.3 Å². The first kappa shape index (κ1) is 13.8. The number of hydrogen-bond donors (Lipinski definition) is 2. The van der Waals surface area contributed by atoms with Gasteiger partial charge in [0.1, 0.15) is 11.9 Å². The summed E-state index contributed by atoms with van der Waals surface area (Å²) in [6.07, 6.45) is -2.88. The Balaban J connectivity index is 2.32. The average Bonchev–Trinajstić information content (AvgIpc) is 2.46. The van der Waals surface area contributed by atoms with Crippen molar-refractivity contribution in [3.63, 3.8) is 0 Å². The number of carboxylic acid groups (broad SMARTS) is 1. The molecule has 0 spiro atoms. The molecule has 5 nitrogen and oxygen atoms in total. The van der Waals surface area contributed by atoms with Gasteiger partial charge in [-0.15, -0.1) is 0 Å². The highest BCUT2D eigenvalue weighted by Crippen LogP contribution is 2.25. The summed E-state index contributed by atoms with van der Waals surface area (Å²) < 4.78 is 4.54. The zero-order valence-corrected chi connectivity index (χ0v) is 10.4. The number of benzene rings is 2. The molecule has 0 aliphatic rings. The predicted octanol–water partition coefficient (Wildman–Crippen LogP) is 2.66. The summed E-state index contributed by atoms with van der Waals surface area (Å²) in [5.41, 5.74) is 0.453. The van der Waals surface area contributed by atoms with Crippen molar-refractivity contribution in [3.8, 4) is 5.75 Å². The van der Waals surface area contributed by atoms with Gasteiger partial charge in [-0.1, -0.05) is 42.5 Å². The van der Waals surface area contributed by atoms with Gasteiger partial charge in [-0.25, -0.2) is 4.79 Å². The average molecular weight is 272 g/mol. The Hall–Kier alpha value is -2.66. The molecule has 0 saturated heterocycles. The fourth-order valence-electron chi connectivity index (χ4n) is 1.79. The van der Waals surface area contributed by atoms with E-state index < -0.39 is 18.0 Å². The Bertz CT molecular complexity index is 621. The van der Waals surface area contributed by atoms with Gasteiger partial charge in [0.05, 0.1) is 5.56 Å². The maximum absolute atomic E-state index is 12.2. The van der Waals surface area contributed by atoms with Gasteiger partial charge in [-0.2, -0.15) is 0 Å². The second-order valence-corrected chi connectivity index (χ2v) is 4.04. The molecule has 0 amide bonds. The summed E-state index contributed by atoms with van der Waals surface area (Å²) in [5.74, 6) is -0.715. The molecule has 1 atom stereocenters. The maximum atomic E-state index is 12.2. The van der Waals surface area contributed by atoms with Crippen LogP contribution < -0.4 is 4.74 Å². The van der Waals surface area contributed by atoms with Crippen molar-refractivity contribution >= 4 is 11.9 Å². The van der Waals surface area contributed by atoms with Crippen molar-refractivity contribution in [2.24, 2.45) is 0 Å². The number of hydrogen-bond acceptors (Lipinski definition) is 4. The second kappa shape index (κ2) is 5.99. The molecule has 0 heterocycles. The van der Waals surface area contributed by atoms with Crippen LogP contribution in [0.4, 0.5) is 4.79 Å². The summed E-state index contributed by atoms with van der Waals surface area (Å²) in [6, 6.07) is 14.3. The highest BCUT2D eigenvalue weighted by Gasteiger charge is 2.22. The minimum Gasteiger partial charge on any atom is -0.449 e. The fraction of sp³-hybridized carbons (Fsp3) is 0.0667. The Morgan fingerprint density at radius 2 is 1.55 bits per heavy atom. The van der Waals surface area contributed by atoms with Crippen LogP contribution in [0.15, 0.2) is 54.6 Å². The van der Waals surface area contributed by atoms with Crippen LogP contribution in [0.25, 0.3) is 0 Å². The molecular formula is C15H12O5. The number of carbonyl (C=O) groups is 2. The normalized spacial score (nSPS) is 11.7. The first-order valence-corrected chi connectivity index (χ1v) is 5.86. The maximum Gasteiger partial charge on any atom is 0.511 e. The zero-order valence-electron chi connectivity index (χ0n) is 10.4. The highest BCUT2D eigenvalue weighted by molar-refractivity contribution is 6.02. The van der Waals surface area contributed by atoms with Crippen molar-refractivity contribution < 1.29 is 24.5 Å². The largest absolute Gasteiger partial charge is 0.511 e. The van der Waals surface area contributed by atoms with Gasteiger partial charge >= 0.3 is 6.16 Å². The molecule has 2 N–H and O–H groups in total. The lowest BCUT2D eigenvalue weighted by molar-refractivity contribution is 0.0743. The van der Waals surface area contributed by atoms with Crippen LogP contribution in [0.5, 0.6) is 5.75 Å². The van der Waals surface area contributed by atoms with E-state index in [0.717, 1.165) is 0 Å². The quantitative estimate of drug-likeness (QED) is 0.508. The minimum absolute atomic E-state index is 0.0197. The van der Waals surface area contributed by atoms with E-state index in [2.05, 4.69) is 4.74 Å². The number of para-hydroxylation sites is 1. The lowest BCUT2D eigenvalue weighted by atomic mass is 9.99. The lowest BCUT2D eigenvalue weighted by Crippen LogP contribution is -2.15. The number of aliphatic hydroxyl groups is 1. The lowest BCUT2D eigenvalue weighted by Gasteiger charge is -2.12. The second-order valence-electron chi connectivity index (χ2n) is 4.04. The SMILES string of the molecule is O=C(O)Oc1ccccc1C(=O)C(O)c1ccccc1. The van der Waals surface area contributed by atoms with Gasteiger partial charge in [0.15, 0.2) is 5.78 Å². The van der Waals surface area contributed by atoms with E-state index in [1.807, 2.05) is 0 Å². The number of Topliss-reactive ketones (excluding diaryl/α,β-unsaturated/α-hetero) is 1. The van der Waals surface area contributed by atoms with Gasteiger partial charge in [0.2, 0.25) is 0 Å². The Kier molecular flexibility index (Phi) is 4.12. The molecule has 0 radical (unpaired) electrons. The monoisotopic (exact) mass is 272 g/mol. The number of rotatable bonds is 4. The van der Waals surface area contributed by atoms with E-state index in [1.165, 1.54) is 12.1 Å². The van der Waals surface area contributed by atoms with Crippen molar-refractivity contribution in [2.75, 3.05) is 0 Å². The molecule has 0 fully saturated rings. The molecule has 2 rings (SSSR count). The first-order chi connectivity index (χ1) is 9.59. The van der Waals surface area contributed by atoms with E-state index in [0.29, 0.717) is 5.56 Å². The third-order valence-corrected chi connectivity index (χ3v) is 2.71. The van der Waals surface area contributed by atoms with Crippen LogP contribution in [0.3, 0.4) is 0 Å². The van der Waals surface area contributed by atoms with E-state index in [4.69, 9.17) is 5.11 Å². The van der Waals surface area contributed by atoms with Gasteiger partial charge in [0.25, 0.3) is 0 Å². The van der Waals surface area contributed by atoms with Crippen LogP contribution in [0.1, 0.15) is 22.0 Å². The highest BCUT2D eigenvalue weighted by atomic mass is 16.7. The Morgan fingerprint density at radius 1 is 0.950 bits per heavy atom. The predicted molar refractivity (Wildman–Crippen MR) is 70.8 cm³/mol. The molecule has 0 aliphatic carbocycles. The standard InChI is InChI=1S/C15H12O5/c16-13(10-6-2-1-3-7-10)14(17)11-8-4-5-9-12(11)20-15(18)19/h1-9,13,16H,(H,18,19). The van der Waals surface area contributed by atoms with Crippen LogP contribution >= 0.6 is 0 Å². The van der Waals surface area contributed by atoms with E-state index in [1.54, 1.807) is 42.5 Å². The third-order valence-electron chi connectivity index (χ3n) is 2.71. The summed E-state index contributed by atoms with van der Waals surface area (Å²) in [7, 11) is 0. The smallest absolute Gasteiger partial charge is 0.449 e. The Morgan fingerprint density at radius 3 is 2.20 bits per heavy atom.